The van der Waals surface area contributed by atoms with Gasteiger partial charge in [0, 0.05) is 27.3 Å². The topological polar surface area (TPSA) is 58.6 Å². The third-order valence-corrected chi connectivity index (χ3v) is 4.99. The van der Waals surface area contributed by atoms with E-state index in [9.17, 15) is 9.90 Å². The third kappa shape index (κ3) is 5.27. The molecule has 0 saturated heterocycles. The number of halogens is 2. The molecule has 0 heterocycles. The second-order valence-electron chi connectivity index (χ2n) is 6.36. The summed E-state index contributed by atoms with van der Waals surface area (Å²) in [7, 11) is 0. The Hall–Kier alpha value is -2.50. The van der Waals surface area contributed by atoms with E-state index in [-0.39, 0.29) is 5.56 Å². The lowest BCUT2D eigenvalue weighted by molar-refractivity contribution is 0.0697. The number of anilines is 1. The van der Waals surface area contributed by atoms with Gasteiger partial charge in [0.05, 0.1) is 5.56 Å². The lowest BCUT2D eigenvalue weighted by atomic mass is 10.1. The average molecular weight is 461 g/mol. The van der Waals surface area contributed by atoms with Crippen LogP contribution in [0.3, 0.4) is 0 Å². The molecule has 3 aromatic carbocycles. The van der Waals surface area contributed by atoms with E-state index in [1.807, 2.05) is 49.4 Å². The summed E-state index contributed by atoms with van der Waals surface area (Å²) in [6.07, 6.45) is 0. The Kier molecular flexibility index (Phi) is 6.60. The second kappa shape index (κ2) is 9.13. The molecular weight excluding hydrogens is 442 g/mol. The molecule has 6 heteroatoms. The molecule has 0 bridgehead atoms. The molecule has 0 atom stereocenters. The lowest BCUT2D eigenvalue weighted by Gasteiger charge is -2.15. The maximum absolute atomic E-state index is 11.2. The van der Waals surface area contributed by atoms with E-state index in [1.54, 1.807) is 18.2 Å². The molecule has 0 spiro atoms. The van der Waals surface area contributed by atoms with Gasteiger partial charge < -0.3 is 15.2 Å². The van der Waals surface area contributed by atoms with Crippen LogP contribution in [0.25, 0.3) is 0 Å². The fourth-order valence-corrected chi connectivity index (χ4v) is 3.37. The first-order valence-corrected chi connectivity index (χ1v) is 9.83. The summed E-state index contributed by atoms with van der Waals surface area (Å²) in [5, 5.41) is 13.2. The van der Waals surface area contributed by atoms with Crippen LogP contribution >= 0.6 is 27.5 Å². The van der Waals surface area contributed by atoms with Crippen LogP contribution in [0.1, 0.15) is 27.0 Å². The summed E-state index contributed by atoms with van der Waals surface area (Å²) >= 11 is 9.53. The first kappa shape index (κ1) is 20.2. The summed E-state index contributed by atoms with van der Waals surface area (Å²) in [5.74, 6) is -0.196. The molecule has 0 aromatic heterocycles. The predicted molar refractivity (Wildman–Crippen MR) is 115 cm³/mol. The normalized spacial score (nSPS) is 10.5. The van der Waals surface area contributed by atoms with Gasteiger partial charge in [0.2, 0.25) is 0 Å². The molecular formula is C22H19BrClNO3. The quantitative estimate of drug-likeness (QED) is 0.434. The van der Waals surface area contributed by atoms with Crippen molar-refractivity contribution >= 4 is 39.2 Å². The van der Waals surface area contributed by atoms with Gasteiger partial charge in [-0.05, 0) is 60.5 Å². The van der Waals surface area contributed by atoms with Gasteiger partial charge in [-0.25, -0.2) is 4.79 Å². The average Bonchev–Trinajstić information content (AvgIpc) is 2.66. The number of rotatable bonds is 7. The highest BCUT2D eigenvalue weighted by Gasteiger charge is 2.09. The van der Waals surface area contributed by atoms with E-state index >= 15 is 0 Å². The van der Waals surface area contributed by atoms with Gasteiger partial charge in [-0.1, -0.05) is 45.7 Å². The van der Waals surface area contributed by atoms with Crippen molar-refractivity contribution in [1.29, 1.82) is 0 Å². The number of nitrogens with one attached hydrogen (secondary N) is 1. The molecule has 0 amide bonds. The minimum atomic E-state index is -0.948. The predicted octanol–water partition coefficient (Wildman–Crippen LogP) is 6.30. The maximum atomic E-state index is 11.2. The Balaban J connectivity index is 1.76. The zero-order chi connectivity index (χ0) is 20.1. The number of carbonyl (C=O) groups is 1. The van der Waals surface area contributed by atoms with Gasteiger partial charge in [0.1, 0.15) is 12.4 Å². The summed E-state index contributed by atoms with van der Waals surface area (Å²) in [6, 6.07) is 18.4. The van der Waals surface area contributed by atoms with E-state index in [2.05, 4.69) is 21.2 Å². The number of ether oxygens (including phenoxy) is 1. The molecule has 28 heavy (non-hydrogen) atoms. The molecule has 0 saturated carbocycles. The van der Waals surface area contributed by atoms with Crippen LogP contribution in [-0.4, -0.2) is 11.1 Å². The zero-order valence-corrected chi connectivity index (χ0v) is 17.5. The van der Waals surface area contributed by atoms with Crippen molar-refractivity contribution < 1.29 is 14.6 Å². The largest absolute Gasteiger partial charge is 0.489 e. The first-order chi connectivity index (χ1) is 13.4. The van der Waals surface area contributed by atoms with Crippen molar-refractivity contribution in [2.45, 2.75) is 20.1 Å². The Morgan fingerprint density at radius 1 is 1.14 bits per heavy atom. The number of carboxylic acid groups (broad SMARTS) is 1. The Morgan fingerprint density at radius 3 is 2.71 bits per heavy atom. The van der Waals surface area contributed by atoms with Crippen molar-refractivity contribution in [2.75, 3.05) is 5.32 Å². The smallest absolute Gasteiger partial charge is 0.335 e. The third-order valence-electron chi connectivity index (χ3n) is 4.26. The fraction of sp³-hybridized carbons (Fsp3) is 0.136. The van der Waals surface area contributed by atoms with Crippen LogP contribution < -0.4 is 10.1 Å². The Morgan fingerprint density at radius 2 is 1.96 bits per heavy atom. The van der Waals surface area contributed by atoms with E-state index in [0.717, 1.165) is 32.6 Å². The van der Waals surface area contributed by atoms with Gasteiger partial charge >= 0.3 is 5.97 Å². The molecule has 2 N–H and O–H groups in total. The molecule has 0 fully saturated rings. The van der Waals surface area contributed by atoms with Gasteiger partial charge in [-0.15, -0.1) is 0 Å². The highest BCUT2D eigenvalue weighted by atomic mass is 79.9. The lowest BCUT2D eigenvalue weighted by Crippen LogP contribution is -2.06. The van der Waals surface area contributed by atoms with E-state index in [1.165, 1.54) is 0 Å². The Labute approximate surface area is 177 Å². The van der Waals surface area contributed by atoms with Gasteiger partial charge in [-0.3, -0.25) is 0 Å². The van der Waals surface area contributed by atoms with Crippen molar-refractivity contribution in [3.63, 3.8) is 0 Å². The molecule has 0 aliphatic carbocycles. The number of carboxylic acids is 1. The summed E-state index contributed by atoms with van der Waals surface area (Å²) in [4.78, 5) is 11.2. The Bertz CT molecular complexity index is 1010. The molecule has 0 aliphatic heterocycles. The maximum Gasteiger partial charge on any atom is 0.335 e. The van der Waals surface area contributed by atoms with E-state index in [4.69, 9.17) is 16.3 Å². The molecule has 0 aliphatic rings. The van der Waals surface area contributed by atoms with Gasteiger partial charge in [0.25, 0.3) is 0 Å². The molecule has 0 unspecified atom stereocenters. The minimum absolute atomic E-state index is 0.250. The molecule has 4 nitrogen and oxygen atoms in total. The monoisotopic (exact) mass is 459 g/mol. The highest BCUT2D eigenvalue weighted by Crippen LogP contribution is 2.26. The van der Waals surface area contributed by atoms with Gasteiger partial charge in [-0.2, -0.15) is 0 Å². The fourth-order valence-electron chi connectivity index (χ4n) is 2.75. The van der Waals surface area contributed by atoms with Crippen molar-refractivity contribution in [1.82, 2.24) is 0 Å². The zero-order valence-electron chi connectivity index (χ0n) is 15.2. The summed E-state index contributed by atoms with van der Waals surface area (Å²) in [6.45, 7) is 2.84. The first-order valence-electron chi connectivity index (χ1n) is 8.66. The molecule has 0 radical (unpaired) electrons. The van der Waals surface area contributed by atoms with E-state index < -0.39 is 5.97 Å². The molecule has 3 rings (SSSR count). The number of hydrogen-bond donors (Lipinski definition) is 2. The second-order valence-corrected chi connectivity index (χ2v) is 7.71. The number of benzene rings is 3. The van der Waals surface area contributed by atoms with Crippen molar-refractivity contribution in [3.05, 3.63) is 92.4 Å². The number of hydrogen-bond acceptors (Lipinski definition) is 3. The van der Waals surface area contributed by atoms with Crippen LogP contribution in [0, 0.1) is 6.92 Å². The van der Waals surface area contributed by atoms with Crippen molar-refractivity contribution in [3.8, 4) is 5.75 Å². The van der Waals surface area contributed by atoms with Crippen LogP contribution in [0.2, 0.25) is 5.02 Å². The standard InChI is InChI=1S/C22H19BrClNO3/c1-14-5-6-16(22(26)27)11-20(14)25-12-17-10-18(23)7-8-21(17)28-13-15-3-2-4-19(24)9-15/h2-11,25H,12-13H2,1H3,(H,26,27). The molecule has 144 valence electrons. The highest BCUT2D eigenvalue weighted by molar-refractivity contribution is 9.10. The number of aryl methyl sites for hydroxylation is 1. The van der Waals surface area contributed by atoms with Crippen LogP contribution in [0.15, 0.2) is 65.1 Å². The van der Waals surface area contributed by atoms with Crippen LogP contribution in [0.5, 0.6) is 5.75 Å². The molecule has 3 aromatic rings. The van der Waals surface area contributed by atoms with Crippen LogP contribution in [0.4, 0.5) is 5.69 Å². The van der Waals surface area contributed by atoms with E-state index in [0.29, 0.717) is 18.2 Å². The van der Waals surface area contributed by atoms with Crippen LogP contribution in [-0.2, 0) is 13.2 Å². The number of aromatic carboxylic acids is 1. The minimum Gasteiger partial charge on any atom is -0.489 e. The van der Waals surface area contributed by atoms with Gasteiger partial charge in [0.15, 0.2) is 0 Å². The SMILES string of the molecule is Cc1ccc(C(=O)O)cc1NCc1cc(Br)ccc1OCc1cccc(Cl)c1. The summed E-state index contributed by atoms with van der Waals surface area (Å²) < 4.78 is 6.94. The van der Waals surface area contributed by atoms with Crippen molar-refractivity contribution in [2.24, 2.45) is 0 Å². The summed E-state index contributed by atoms with van der Waals surface area (Å²) in [5.41, 5.74) is 3.94.